The van der Waals surface area contributed by atoms with Gasteiger partial charge in [0.2, 0.25) is 0 Å². The molecule has 1 atom stereocenters. The van der Waals surface area contributed by atoms with Gasteiger partial charge in [0.15, 0.2) is 0 Å². The van der Waals surface area contributed by atoms with Gasteiger partial charge in [0.05, 0.1) is 6.10 Å². The second kappa shape index (κ2) is 5.18. The van der Waals surface area contributed by atoms with Crippen molar-refractivity contribution in [2.45, 2.75) is 52.6 Å². The number of allylic oxidation sites excluding steroid dienone is 2. The van der Waals surface area contributed by atoms with E-state index in [9.17, 15) is 4.79 Å². The molecule has 0 aromatic heterocycles. The monoisotopic (exact) mass is 196 g/mol. The fourth-order valence-electron chi connectivity index (χ4n) is 1.75. The lowest BCUT2D eigenvalue weighted by atomic mass is 9.88. The summed E-state index contributed by atoms with van der Waals surface area (Å²) in [6, 6.07) is 0. The first-order valence-electron chi connectivity index (χ1n) is 5.43. The first kappa shape index (κ1) is 11.3. The maximum Gasteiger partial charge on any atom is 0.306 e. The molecule has 0 radical (unpaired) electrons. The number of carbonyl (C=O) groups is 1. The van der Waals surface area contributed by atoms with E-state index in [0.29, 0.717) is 12.3 Å². The predicted molar refractivity (Wildman–Crippen MR) is 56.9 cm³/mol. The van der Waals surface area contributed by atoms with Crippen molar-refractivity contribution in [2.75, 3.05) is 0 Å². The van der Waals surface area contributed by atoms with Crippen LogP contribution >= 0.6 is 0 Å². The van der Waals surface area contributed by atoms with Crippen molar-refractivity contribution >= 4 is 5.97 Å². The zero-order chi connectivity index (χ0) is 10.6. The summed E-state index contributed by atoms with van der Waals surface area (Å²) < 4.78 is 5.12. The van der Waals surface area contributed by atoms with Crippen LogP contribution < -0.4 is 0 Å². The SMILES string of the molecule is CC1=CCC(CC(=O)OC(C)C)CC1. The highest BCUT2D eigenvalue weighted by atomic mass is 16.5. The van der Waals surface area contributed by atoms with Gasteiger partial charge in [-0.15, -0.1) is 0 Å². The van der Waals surface area contributed by atoms with Crippen molar-refractivity contribution < 1.29 is 9.53 Å². The Morgan fingerprint density at radius 2 is 2.36 bits per heavy atom. The van der Waals surface area contributed by atoms with Gasteiger partial charge in [-0.2, -0.15) is 0 Å². The number of esters is 1. The van der Waals surface area contributed by atoms with Gasteiger partial charge in [-0.1, -0.05) is 11.6 Å². The summed E-state index contributed by atoms with van der Waals surface area (Å²) in [4.78, 5) is 11.4. The van der Waals surface area contributed by atoms with Gasteiger partial charge in [0.1, 0.15) is 0 Å². The Bertz CT molecular complexity index is 228. The van der Waals surface area contributed by atoms with Crippen LogP contribution in [0.5, 0.6) is 0 Å². The highest BCUT2D eigenvalue weighted by Gasteiger charge is 2.17. The van der Waals surface area contributed by atoms with Gasteiger partial charge >= 0.3 is 5.97 Å². The van der Waals surface area contributed by atoms with Gasteiger partial charge in [-0.05, 0) is 46.0 Å². The van der Waals surface area contributed by atoms with E-state index >= 15 is 0 Å². The molecule has 0 spiro atoms. The van der Waals surface area contributed by atoms with Crippen LogP contribution in [0, 0.1) is 5.92 Å². The molecule has 0 saturated heterocycles. The smallest absolute Gasteiger partial charge is 0.306 e. The van der Waals surface area contributed by atoms with Gasteiger partial charge < -0.3 is 4.74 Å². The Labute approximate surface area is 86.3 Å². The average Bonchev–Trinajstić information content (AvgIpc) is 2.07. The van der Waals surface area contributed by atoms with Crippen LogP contribution in [0.3, 0.4) is 0 Å². The lowest BCUT2D eigenvalue weighted by Gasteiger charge is -2.19. The highest BCUT2D eigenvalue weighted by molar-refractivity contribution is 5.69. The number of hydrogen-bond acceptors (Lipinski definition) is 2. The third-order valence-corrected chi connectivity index (χ3v) is 2.57. The summed E-state index contributed by atoms with van der Waals surface area (Å²) in [5.41, 5.74) is 1.46. The molecule has 1 rings (SSSR count). The van der Waals surface area contributed by atoms with Crippen molar-refractivity contribution in [3.63, 3.8) is 0 Å². The molecule has 1 unspecified atom stereocenters. The molecule has 1 aliphatic carbocycles. The quantitative estimate of drug-likeness (QED) is 0.512. The van der Waals surface area contributed by atoms with E-state index in [4.69, 9.17) is 4.74 Å². The molecule has 14 heavy (non-hydrogen) atoms. The van der Waals surface area contributed by atoms with Crippen LogP contribution in [0.4, 0.5) is 0 Å². The topological polar surface area (TPSA) is 26.3 Å². The number of ether oxygens (including phenoxy) is 1. The molecule has 0 bridgehead atoms. The first-order chi connectivity index (χ1) is 6.58. The first-order valence-corrected chi connectivity index (χ1v) is 5.43. The standard InChI is InChI=1S/C12H20O2/c1-9(2)14-12(13)8-11-6-4-10(3)5-7-11/h4,9,11H,5-8H2,1-3H3. The van der Waals surface area contributed by atoms with Gasteiger partial charge in [-0.3, -0.25) is 4.79 Å². The number of carbonyl (C=O) groups excluding carboxylic acids is 1. The molecular weight excluding hydrogens is 176 g/mol. The van der Waals surface area contributed by atoms with Gasteiger partial charge in [-0.25, -0.2) is 0 Å². The molecule has 2 heteroatoms. The maximum absolute atomic E-state index is 11.4. The van der Waals surface area contributed by atoms with Crippen molar-refractivity contribution in [2.24, 2.45) is 5.92 Å². The van der Waals surface area contributed by atoms with Crippen molar-refractivity contribution in [1.82, 2.24) is 0 Å². The minimum Gasteiger partial charge on any atom is -0.463 e. The Balaban J connectivity index is 2.28. The van der Waals surface area contributed by atoms with Crippen molar-refractivity contribution in [3.05, 3.63) is 11.6 Å². The molecule has 80 valence electrons. The summed E-state index contributed by atoms with van der Waals surface area (Å²) in [5, 5.41) is 0. The van der Waals surface area contributed by atoms with Gasteiger partial charge in [0.25, 0.3) is 0 Å². The molecule has 0 heterocycles. The van der Waals surface area contributed by atoms with Crippen LogP contribution in [-0.2, 0) is 9.53 Å². The van der Waals surface area contributed by atoms with Crippen molar-refractivity contribution in [1.29, 1.82) is 0 Å². The second-order valence-electron chi connectivity index (χ2n) is 4.43. The Morgan fingerprint density at radius 3 is 2.86 bits per heavy atom. The Kier molecular flexibility index (Phi) is 4.18. The summed E-state index contributed by atoms with van der Waals surface area (Å²) in [6.45, 7) is 5.94. The van der Waals surface area contributed by atoms with Crippen LogP contribution in [0.25, 0.3) is 0 Å². The molecule has 0 amide bonds. The molecular formula is C12H20O2. The summed E-state index contributed by atoms with van der Waals surface area (Å²) >= 11 is 0. The zero-order valence-electron chi connectivity index (χ0n) is 9.38. The molecule has 2 nitrogen and oxygen atoms in total. The lowest BCUT2D eigenvalue weighted by molar-refractivity contribution is -0.148. The van der Waals surface area contributed by atoms with E-state index < -0.39 is 0 Å². The van der Waals surface area contributed by atoms with Crippen LogP contribution in [0.2, 0.25) is 0 Å². The Hall–Kier alpha value is -0.790. The molecule has 1 aliphatic rings. The van der Waals surface area contributed by atoms with Crippen LogP contribution in [0.1, 0.15) is 46.5 Å². The summed E-state index contributed by atoms with van der Waals surface area (Å²) in [7, 11) is 0. The third kappa shape index (κ3) is 3.95. The highest BCUT2D eigenvalue weighted by Crippen LogP contribution is 2.25. The number of hydrogen-bond donors (Lipinski definition) is 0. The Morgan fingerprint density at radius 1 is 1.64 bits per heavy atom. The minimum absolute atomic E-state index is 0.0170. The fourth-order valence-corrected chi connectivity index (χ4v) is 1.75. The van der Waals surface area contributed by atoms with E-state index in [0.717, 1.165) is 19.3 Å². The second-order valence-corrected chi connectivity index (χ2v) is 4.43. The molecule has 0 saturated carbocycles. The van der Waals surface area contributed by atoms with Crippen molar-refractivity contribution in [3.8, 4) is 0 Å². The molecule has 0 aromatic carbocycles. The van der Waals surface area contributed by atoms with Crippen LogP contribution in [-0.4, -0.2) is 12.1 Å². The molecule has 0 fully saturated rings. The minimum atomic E-state index is -0.0436. The van der Waals surface area contributed by atoms with E-state index in [2.05, 4.69) is 13.0 Å². The fraction of sp³-hybridized carbons (Fsp3) is 0.750. The van der Waals surface area contributed by atoms with E-state index in [1.54, 1.807) is 0 Å². The largest absolute Gasteiger partial charge is 0.463 e. The third-order valence-electron chi connectivity index (χ3n) is 2.57. The molecule has 0 N–H and O–H groups in total. The maximum atomic E-state index is 11.4. The van der Waals surface area contributed by atoms with Gasteiger partial charge in [0, 0.05) is 6.42 Å². The predicted octanol–water partition coefficient (Wildman–Crippen LogP) is 3.07. The summed E-state index contributed by atoms with van der Waals surface area (Å²) in [6.07, 6.45) is 6.16. The van der Waals surface area contributed by atoms with E-state index in [1.165, 1.54) is 5.57 Å². The normalized spacial score (nSPS) is 22.0. The molecule has 0 aromatic rings. The zero-order valence-corrected chi connectivity index (χ0v) is 9.38. The van der Waals surface area contributed by atoms with E-state index in [-0.39, 0.29) is 12.1 Å². The molecule has 0 aliphatic heterocycles. The average molecular weight is 196 g/mol. The van der Waals surface area contributed by atoms with Crippen LogP contribution in [0.15, 0.2) is 11.6 Å². The van der Waals surface area contributed by atoms with E-state index in [1.807, 2.05) is 13.8 Å². The summed E-state index contributed by atoms with van der Waals surface area (Å²) in [5.74, 6) is 0.461. The lowest BCUT2D eigenvalue weighted by Crippen LogP contribution is -2.16. The number of rotatable bonds is 3.